The number of hydrogen-bond donors (Lipinski definition) is 1. The minimum Gasteiger partial charge on any atom is -0.395 e. The Kier molecular flexibility index (Phi) is 40.4. The Morgan fingerprint density at radius 2 is 0.720 bits per heavy atom. The Hall–Kier alpha value is -0.740. The molecule has 0 atom stereocenters. The second kappa shape index (κ2) is 41.0. The second-order valence-electron chi connectivity index (χ2n) is 16.1. The SMILES string of the molecule is CCCCCCCCCCCCC(=O)CCCCCN(CCO)CCCCCCCC(=O)CC(CCCCCCCC)CCCCCCCC. The van der Waals surface area contributed by atoms with Gasteiger partial charge in [-0.05, 0) is 51.1 Å². The fraction of sp³-hybridized carbons (Fsp3) is 0.957. The minimum atomic E-state index is 0.220. The van der Waals surface area contributed by atoms with Crippen LogP contribution in [0.15, 0.2) is 0 Å². The molecular formula is C46H91NO3. The van der Waals surface area contributed by atoms with E-state index in [9.17, 15) is 14.7 Å². The predicted molar refractivity (Wildman–Crippen MR) is 220 cm³/mol. The molecule has 0 radical (unpaired) electrons. The van der Waals surface area contributed by atoms with Crippen molar-refractivity contribution in [3.05, 3.63) is 0 Å². The lowest BCUT2D eigenvalue weighted by Crippen LogP contribution is -2.29. The number of aliphatic hydroxyl groups is 1. The van der Waals surface area contributed by atoms with E-state index >= 15 is 0 Å². The zero-order chi connectivity index (χ0) is 36.6. The molecule has 0 unspecified atom stereocenters. The number of carbonyl (C=O) groups is 2. The van der Waals surface area contributed by atoms with Crippen molar-refractivity contribution in [2.24, 2.45) is 5.92 Å². The molecule has 0 aromatic heterocycles. The van der Waals surface area contributed by atoms with Crippen LogP contribution in [0.5, 0.6) is 0 Å². The molecule has 4 nitrogen and oxygen atoms in total. The topological polar surface area (TPSA) is 57.6 Å². The van der Waals surface area contributed by atoms with Crippen molar-refractivity contribution < 1.29 is 14.7 Å². The maximum Gasteiger partial charge on any atom is 0.133 e. The highest BCUT2D eigenvalue weighted by atomic mass is 16.3. The van der Waals surface area contributed by atoms with Gasteiger partial charge >= 0.3 is 0 Å². The summed E-state index contributed by atoms with van der Waals surface area (Å²) in [5.41, 5.74) is 0. The van der Waals surface area contributed by atoms with Gasteiger partial charge in [0.25, 0.3) is 0 Å². The van der Waals surface area contributed by atoms with Crippen LogP contribution < -0.4 is 0 Å². The van der Waals surface area contributed by atoms with Crippen molar-refractivity contribution in [2.45, 2.75) is 252 Å². The quantitative estimate of drug-likeness (QED) is 0.0642. The highest BCUT2D eigenvalue weighted by Gasteiger charge is 2.14. The van der Waals surface area contributed by atoms with Crippen molar-refractivity contribution in [3.8, 4) is 0 Å². The number of ketones is 2. The van der Waals surface area contributed by atoms with E-state index in [1.807, 2.05) is 0 Å². The first-order chi connectivity index (χ1) is 24.6. The monoisotopic (exact) mass is 706 g/mol. The Morgan fingerprint density at radius 3 is 1.12 bits per heavy atom. The summed E-state index contributed by atoms with van der Waals surface area (Å²) in [7, 11) is 0. The van der Waals surface area contributed by atoms with Gasteiger partial charge in [-0.1, -0.05) is 194 Å². The van der Waals surface area contributed by atoms with Crippen LogP contribution >= 0.6 is 0 Å². The molecule has 0 heterocycles. The van der Waals surface area contributed by atoms with Crippen LogP contribution in [0.2, 0.25) is 0 Å². The third kappa shape index (κ3) is 37.0. The van der Waals surface area contributed by atoms with E-state index in [-0.39, 0.29) is 6.61 Å². The third-order valence-corrected chi connectivity index (χ3v) is 11.0. The second-order valence-corrected chi connectivity index (χ2v) is 16.1. The third-order valence-electron chi connectivity index (χ3n) is 11.0. The molecule has 0 aromatic carbocycles. The van der Waals surface area contributed by atoms with Crippen molar-refractivity contribution in [1.29, 1.82) is 0 Å². The molecule has 0 saturated carbocycles. The molecule has 0 aliphatic heterocycles. The molecule has 0 spiro atoms. The van der Waals surface area contributed by atoms with Gasteiger partial charge in [0.05, 0.1) is 6.61 Å². The molecule has 0 amide bonds. The van der Waals surface area contributed by atoms with Crippen LogP contribution in [0.4, 0.5) is 0 Å². The summed E-state index contributed by atoms with van der Waals surface area (Å²) < 4.78 is 0. The van der Waals surface area contributed by atoms with Crippen molar-refractivity contribution >= 4 is 11.6 Å². The lowest BCUT2D eigenvalue weighted by atomic mass is 9.89. The average molecular weight is 706 g/mol. The summed E-state index contributed by atoms with van der Waals surface area (Å²) in [5, 5.41) is 9.56. The molecule has 0 saturated heterocycles. The van der Waals surface area contributed by atoms with Crippen LogP contribution in [0.25, 0.3) is 0 Å². The van der Waals surface area contributed by atoms with Gasteiger partial charge in [0.2, 0.25) is 0 Å². The summed E-state index contributed by atoms with van der Waals surface area (Å²) in [4.78, 5) is 27.6. The highest BCUT2D eigenvalue weighted by molar-refractivity contribution is 5.78. The normalized spacial score (nSPS) is 11.7. The van der Waals surface area contributed by atoms with E-state index in [0.29, 0.717) is 17.5 Å². The zero-order valence-electron chi connectivity index (χ0n) is 34.6. The fourth-order valence-electron chi connectivity index (χ4n) is 7.63. The van der Waals surface area contributed by atoms with E-state index in [2.05, 4.69) is 25.7 Å². The van der Waals surface area contributed by atoms with Crippen LogP contribution in [-0.4, -0.2) is 47.8 Å². The Morgan fingerprint density at radius 1 is 0.400 bits per heavy atom. The first-order valence-corrected chi connectivity index (χ1v) is 22.9. The summed E-state index contributed by atoms with van der Waals surface area (Å²) in [6.45, 7) is 9.89. The molecule has 0 aromatic rings. The average Bonchev–Trinajstić information content (AvgIpc) is 3.11. The van der Waals surface area contributed by atoms with E-state index < -0.39 is 0 Å². The number of aliphatic hydroxyl groups excluding tert-OH is 1. The van der Waals surface area contributed by atoms with E-state index in [1.165, 1.54) is 173 Å². The van der Waals surface area contributed by atoms with E-state index in [0.717, 1.165) is 77.4 Å². The van der Waals surface area contributed by atoms with Gasteiger partial charge in [-0.15, -0.1) is 0 Å². The summed E-state index contributed by atoms with van der Waals surface area (Å²) in [6.07, 6.45) is 44.0. The smallest absolute Gasteiger partial charge is 0.133 e. The van der Waals surface area contributed by atoms with Crippen LogP contribution in [0.1, 0.15) is 252 Å². The predicted octanol–water partition coefficient (Wildman–Crippen LogP) is 14.1. The van der Waals surface area contributed by atoms with Gasteiger partial charge in [0, 0.05) is 32.2 Å². The number of unbranched alkanes of at least 4 members (excludes halogenated alkanes) is 25. The number of rotatable bonds is 43. The number of hydrogen-bond acceptors (Lipinski definition) is 4. The molecule has 0 bridgehead atoms. The van der Waals surface area contributed by atoms with Gasteiger partial charge < -0.3 is 10.0 Å². The number of nitrogens with zero attached hydrogens (tertiary/aromatic N) is 1. The van der Waals surface area contributed by atoms with Gasteiger partial charge in [0.15, 0.2) is 0 Å². The molecule has 50 heavy (non-hydrogen) atoms. The van der Waals surface area contributed by atoms with Gasteiger partial charge in [0.1, 0.15) is 11.6 Å². The van der Waals surface area contributed by atoms with E-state index in [1.54, 1.807) is 0 Å². The van der Waals surface area contributed by atoms with Crippen LogP contribution in [-0.2, 0) is 9.59 Å². The largest absolute Gasteiger partial charge is 0.395 e. The Balaban J connectivity index is 3.96. The lowest BCUT2D eigenvalue weighted by Gasteiger charge is -2.21. The summed E-state index contributed by atoms with van der Waals surface area (Å²) in [6, 6.07) is 0. The fourth-order valence-corrected chi connectivity index (χ4v) is 7.63. The highest BCUT2D eigenvalue weighted by Crippen LogP contribution is 2.24. The number of Topliss-reactive ketones (excluding diaryl/α,β-unsaturated/α-hetero) is 2. The van der Waals surface area contributed by atoms with Crippen LogP contribution in [0, 0.1) is 5.92 Å². The van der Waals surface area contributed by atoms with Gasteiger partial charge in [-0.2, -0.15) is 0 Å². The first kappa shape index (κ1) is 49.3. The summed E-state index contributed by atoms with van der Waals surface area (Å²) in [5.74, 6) is 1.59. The molecule has 0 aliphatic rings. The zero-order valence-corrected chi connectivity index (χ0v) is 34.6. The minimum absolute atomic E-state index is 0.220. The number of carbonyl (C=O) groups excluding carboxylic acids is 2. The Bertz CT molecular complexity index is 679. The van der Waals surface area contributed by atoms with E-state index in [4.69, 9.17) is 0 Å². The van der Waals surface area contributed by atoms with Gasteiger partial charge in [-0.3, -0.25) is 9.59 Å². The first-order valence-electron chi connectivity index (χ1n) is 22.9. The molecule has 298 valence electrons. The lowest BCUT2D eigenvalue weighted by molar-refractivity contribution is -0.120. The molecular weight excluding hydrogens is 615 g/mol. The van der Waals surface area contributed by atoms with Crippen LogP contribution in [0.3, 0.4) is 0 Å². The molecule has 0 aliphatic carbocycles. The van der Waals surface area contributed by atoms with Crippen molar-refractivity contribution in [1.82, 2.24) is 4.90 Å². The maximum absolute atomic E-state index is 12.9. The standard InChI is InChI=1S/C46H91NO3/c1-4-7-10-13-16-17-18-19-23-29-36-45(49)37-31-26-33-40-47(41-42-48)39-32-25-20-24-30-38-46(50)43-44(34-27-21-14-11-8-5-2)35-28-22-15-12-9-6-3/h44,48H,4-43H2,1-3H3. The molecule has 1 N–H and O–H groups in total. The molecule has 4 heteroatoms. The van der Waals surface area contributed by atoms with Crippen molar-refractivity contribution in [3.63, 3.8) is 0 Å². The maximum atomic E-state index is 12.9. The molecule has 0 rings (SSSR count). The van der Waals surface area contributed by atoms with Crippen molar-refractivity contribution in [2.75, 3.05) is 26.2 Å². The van der Waals surface area contributed by atoms with Gasteiger partial charge in [-0.25, -0.2) is 0 Å². The Labute approximate surface area is 314 Å². The molecule has 0 fully saturated rings. The summed E-state index contributed by atoms with van der Waals surface area (Å²) >= 11 is 0.